The van der Waals surface area contributed by atoms with Crippen LogP contribution in [0.15, 0.2) is 30.3 Å². The zero-order chi connectivity index (χ0) is 13.2. The minimum atomic E-state index is -0.0545. The molecule has 0 amide bonds. The number of hydrogen-bond donors (Lipinski definition) is 2. The highest BCUT2D eigenvalue weighted by Gasteiger charge is 2.41. The van der Waals surface area contributed by atoms with E-state index < -0.39 is 0 Å². The van der Waals surface area contributed by atoms with Gasteiger partial charge in [0.15, 0.2) is 0 Å². The van der Waals surface area contributed by atoms with Crippen molar-refractivity contribution < 1.29 is 5.11 Å². The van der Waals surface area contributed by atoms with Crippen molar-refractivity contribution in [1.82, 2.24) is 4.90 Å². The molecule has 4 atom stereocenters. The number of aliphatic hydroxyl groups excluding tert-OH is 1. The second kappa shape index (κ2) is 5.86. The number of nitrogens with zero attached hydrogens (tertiary/aromatic N) is 1. The Bertz CT molecular complexity index is 410. The second-order valence-corrected chi connectivity index (χ2v) is 6.44. The van der Waals surface area contributed by atoms with Gasteiger partial charge < -0.3 is 10.0 Å². The van der Waals surface area contributed by atoms with Crippen LogP contribution in [-0.4, -0.2) is 41.5 Å². The fourth-order valence-electron chi connectivity index (χ4n) is 3.78. The monoisotopic (exact) mass is 277 g/mol. The highest BCUT2D eigenvalue weighted by molar-refractivity contribution is 7.80. The van der Waals surface area contributed by atoms with Crippen LogP contribution in [0.25, 0.3) is 0 Å². The van der Waals surface area contributed by atoms with E-state index in [1.165, 1.54) is 18.5 Å². The van der Waals surface area contributed by atoms with Crippen LogP contribution in [0.4, 0.5) is 0 Å². The third kappa shape index (κ3) is 2.83. The lowest BCUT2D eigenvalue weighted by Crippen LogP contribution is -2.29. The summed E-state index contributed by atoms with van der Waals surface area (Å²) in [5, 5.41) is 9.98. The van der Waals surface area contributed by atoms with Gasteiger partial charge in [-0.15, -0.1) is 0 Å². The average molecular weight is 277 g/mol. The fourth-order valence-corrected chi connectivity index (χ4v) is 4.11. The van der Waals surface area contributed by atoms with Crippen molar-refractivity contribution in [2.24, 2.45) is 11.8 Å². The van der Waals surface area contributed by atoms with Gasteiger partial charge in [0, 0.05) is 31.5 Å². The van der Waals surface area contributed by atoms with Gasteiger partial charge >= 0.3 is 0 Å². The molecule has 1 heterocycles. The number of benzene rings is 1. The van der Waals surface area contributed by atoms with E-state index in [9.17, 15) is 5.11 Å². The molecule has 0 aromatic heterocycles. The highest BCUT2D eigenvalue weighted by atomic mass is 32.1. The molecule has 1 aliphatic carbocycles. The summed E-state index contributed by atoms with van der Waals surface area (Å²) in [6.07, 6.45) is 2.16. The van der Waals surface area contributed by atoms with Gasteiger partial charge in [0.05, 0.1) is 6.10 Å². The van der Waals surface area contributed by atoms with Crippen LogP contribution in [0.3, 0.4) is 0 Å². The van der Waals surface area contributed by atoms with Crippen LogP contribution in [0.1, 0.15) is 24.3 Å². The van der Waals surface area contributed by atoms with Gasteiger partial charge in [0.1, 0.15) is 0 Å². The topological polar surface area (TPSA) is 23.5 Å². The quantitative estimate of drug-likeness (QED) is 0.826. The van der Waals surface area contributed by atoms with Crippen LogP contribution in [-0.2, 0) is 0 Å². The van der Waals surface area contributed by atoms with Gasteiger partial charge in [-0.25, -0.2) is 0 Å². The standard InChI is InChI=1S/C16H23NOS/c18-16-7-6-13-8-17(10-15(13)16)9-14(11-19)12-4-2-1-3-5-12/h1-5,13-16,18-19H,6-11H2. The Balaban J connectivity index is 1.62. The molecule has 2 nitrogen and oxygen atoms in total. The summed E-state index contributed by atoms with van der Waals surface area (Å²) in [6.45, 7) is 3.31. The summed E-state index contributed by atoms with van der Waals surface area (Å²) in [5.74, 6) is 2.64. The normalized spacial score (nSPS) is 32.4. The van der Waals surface area contributed by atoms with E-state index in [1.807, 2.05) is 0 Å². The van der Waals surface area contributed by atoms with Crippen molar-refractivity contribution in [3.05, 3.63) is 35.9 Å². The van der Waals surface area contributed by atoms with Crippen LogP contribution in [0, 0.1) is 11.8 Å². The smallest absolute Gasteiger partial charge is 0.0583 e. The molecule has 1 aliphatic heterocycles. The summed E-state index contributed by atoms with van der Waals surface area (Å²) in [7, 11) is 0. The van der Waals surface area contributed by atoms with Crippen LogP contribution in [0.5, 0.6) is 0 Å². The highest BCUT2D eigenvalue weighted by Crippen LogP contribution is 2.38. The maximum Gasteiger partial charge on any atom is 0.0583 e. The van der Waals surface area contributed by atoms with Gasteiger partial charge in [-0.05, 0) is 30.1 Å². The first kappa shape index (κ1) is 13.5. The maximum absolute atomic E-state index is 9.98. The number of thiol groups is 1. The van der Waals surface area contributed by atoms with Crippen molar-refractivity contribution in [3.63, 3.8) is 0 Å². The summed E-state index contributed by atoms with van der Waals surface area (Å²) in [6, 6.07) is 10.7. The average Bonchev–Trinajstić information content (AvgIpc) is 2.99. The van der Waals surface area contributed by atoms with E-state index in [4.69, 9.17) is 0 Å². The lowest BCUT2D eigenvalue weighted by molar-refractivity contribution is 0.124. The number of aliphatic hydroxyl groups is 1. The molecular formula is C16H23NOS. The molecular weight excluding hydrogens is 254 g/mol. The Morgan fingerprint density at radius 3 is 2.68 bits per heavy atom. The molecule has 1 saturated heterocycles. The zero-order valence-corrected chi connectivity index (χ0v) is 12.2. The molecule has 0 radical (unpaired) electrons. The Hall–Kier alpha value is -0.510. The molecule has 0 spiro atoms. The molecule has 2 fully saturated rings. The first-order chi connectivity index (χ1) is 9.28. The molecule has 1 aromatic carbocycles. The lowest BCUT2D eigenvalue weighted by atomic mass is 9.99. The van der Waals surface area contributed by atoms with E-state index in [0.29, 0.717) is 11.8 Å². The third-order valence-corrected chi connectivity index (χ3v) is 5.31. The lowest BCUT2D eigenvalue weighted by Gasteiger charge is -2.24. The van der Waals surface area contributed by atoms with Gasteiger partial charge in [-0.2, -0.15) is 12.6 Å². The minimum Gasteiger partial charge on any atom is -0.393 e. The number of hydrogen-bond acceptors (Lipinski definition) is 3. The Morgan fingerprint density at radius 2 is 2.00 bits per heavy atom. The van der Waals surface area contributed by atoms with Crippen molar-refractivity contribution in [3.8, 4) is 0 Å². The van der Waals surface area contributed by atoms with E-state index in [0.717, 1.165) is 31.2 Å². The zero-order valence-electron chi connectivity index (χ0n) is 11.3. The Labute approximate surface area is 121 Å². The third-order valence-electron chi connectivity index (χ3n) is 4.86. The van der Waals surface area contributed by atoms with E-state index in [2.05, 4.69) is 47.9 Å². The molecule has 2 aliphatic rings. The van der Waals surface area contributed by atoms with Crippen molar-refractivity contribution >= 4 is 12.6 Å². The van der Waals surface area contributed by atoms with Crippen LogP contribution < -0.4 is 0 Å². The van der Waals surface area contributed by atoms with Crippen LogP contribution >= 0.6 is 12.6 Å². The molecule has 1 N–H and O–H groups in total. The van der Waals surface area contributed by atoms with Crippen molar-refractivity contribution in [2.75, 3.05) is 25.4 Å². The van der Waals surface area contributed by atoms with Gasteiger partial charge in [0.2, 0.25) is 0 Å². The van der Waals surface area contributed by atoms with Gasteiger partial charge in [-0.1, -0.05) is 30.3 Å². The predicted molar refractivity (Wildman–Crippen MR) is 81.7 cm³/mol. The van der Waals surface area contributed by atoms with E-state index in [1.54, 1.807) is 0 Å². The first-order valence-corrected chi connectivity index (χ1v) is 7.97. The second-order valence-electron chi connectivity index (χ2n) is 6.08. The summed E-state index contributed by atoms with van der Waals surface area (Å²) < 4.78 is 0. The maximum atomic E-state index is 9.98. The molecule has 3 rings (SSSR count). The largest absolute Gasteiger partial charge is 0.393 e. The number of fused-ring (bicyclic) bond motifs is 1. The van der Waals surface area contributed by atoms with E-state index in [-0.39, 0.29) is 6.10 Å². The molecule has 4 unspecified atom stereocenters. The summed E-state index contributed by atoms with van der Waals surface area (Å²) in [4.78, 5) is 2.53. The number of rotatable bonds is 4. The van der Waals surface area contributed by atoms with Gasteiger partial charge in [-0.3, -0.25) is 0 Å². The predicted octanol–water partition coefficient (Wildman–Crippen LogP) is 2.40. The Kier molecular flexibility index (Phi) is 4.15. The first-order valence-electron chi connectivity index (χ1n) is 7.34. The SMILES string of the molecule is OC1CCC2CN(CC(CS)c3ccccc3)CC12. The van der Waals surface area contributed by atoms with Crippen molar-refractivity contribution in [2.45, 2.75) is 24.9 Å². The summed E-state index contributed by atoms with van der Waals surface area (Å²) >= 11 is 4.52. The summed E-state index contributed by atoms with van der Waals surface area (Å²) in [5.41, 5.74) is 1.38. The molecule has 104 valence electrons. The number of likely N-dealkylation sites (tertiary alicyclic amines) is 1. The molecule has 19 heavy (non-hydrogen) atoms. The van der Waals surface area contributed by atoms with Gasteiger partial charge in [0.25, 0.3) is 0 Å². The van der Waals surface area contributed by atoms with Crippen molar-refractivity contribution in [1.29, 1.82) is 0 Å². The fraction of sp³-hybridized carbons (Fsp3) is 0.625. The molecule has 3 heteroatoms. The molecule has 1 aromatic rings. The molecule has 0 bridgehead atoms. The van der Waals surface area contributed by atoms with E-state index >= 15 is 0 Å². The Morgan fingerprint density at radius 1 is 1.21 bits per heavy atom. The molecule has 1 saturated carbocycles. The minimum absolute atomic E-state index is 0.0545. The van der Waals surface area contributed by atoms with Crippen LogP contribution in [0.2, 0.25) is 0 Å².